The molecule has 8 nitrogen and oxygen atoms in total. The number of anilines is 1. The first kappa shape index (κ1) is 20.0. The molecule has 2 aromatic heterocycles. The average molecular weight is 419 g/mol. The number of benzene rings is 1. The highest BCUT2D eigenvalue weighted by Crippen LogP contribution is 2.33. The first-order valence-electron chi connectivity index (χ1n) is 9.27. The van der Waals surface area contributed by atoms with Gasteiger partial charge in [-0.1, -0.05) is 0 Å². The second kappa shape index (κ2) is 8.23. The van der Waals surface area contributed by atoms with Gasteiger partial charge in [-0.15, -0.1) is 0 Å². The van der Waals surface area contributed by atoms with E-state index in [0.717, 1.165) is 25.5 Å². The molecule has 1 fully saturated rings. The van der Waals surface area contributed by atoms with Crippen molar-refractivity contribution in [1.29, 1.82) is 0 Å². The van der Waals surface area contributed by atoms with Gasteiger partial charge in [0.2, 0.25) is 11.7 Å². The summed E-state index contributed by atoms with van der Waals surface area (Å²) >= 11 is 0. The predicted molar refractivity (Wildman–Crippen MR) is 102 cm³/mol. The van der Waals surface area contributed by atoms with Crippen LogP contribution in [0.1, 0.15) is 29.0 Å². The van der Waals surface area contributed by atoms with Gasteiger partial charge in [-0.25, -0.2) is 18.7 Å². The Labute approximate surface area is 170 Å². The van der Waals surface area contributed by atoms with Crippen molar-refractivity contribution in [1.82, 2.24) is 9.97 Å². The minimum atomic E-state index is -1.15. The Hall–Kier alpha value is -3.27. The molecule has 1 atom stereocenters. The smallest absolute Gasteiger partial charge is 0.234 e. The number of carbonyl (C=O) groups is 1. The molecule has 3 heterocycles. The zero-order valence-corrected chi connectivity index (χ0v) is 16.3. The normalized spacial score (nSPS) is 16.5. The minimum Gasteiger partial charge on any atom is -0.494 e. The lowest BCUT2D eigenvalue weighted by Gasteiger charge is -2.22. The largest absolute Gasteiger partial charge is 0.494 e. The summed E-state index contributed by atoms with van der Waals surface area (Å²) < 4.78 is 49.9. The number of aromatic nitrogens is 2. The van der Waals surface area contributed by atoms with E-state index in [4.69, 9.17) is 18.6 Å². The number of hydrogen-bond donors (Lipinski definition) is 1. The van der Waals surface area contributed by atoms with E-state index in [-0.39, 0.29) is 28.9 Å². The van der Waals surface area contributed by atoms with Crippen LogP contribution in [0.5, 0.6) is 11.5 Å². The van der Waals surface area contributed by atoms with Crippen LogP contribution in [-0.2, 0) is 4.74 Å². The van der Waals surface area contributed by atoms with E-state index in [9.17, 15) is 13.6 Å². The fourth-order valence-corrected chi connectivity index (χ4v) is 3.26. The first-order valence-corrected chi connectivity index (χ1v) is 9.27. The molecule has 1 N–H and O–H groups in total. The molecular formula is C20H19F2N3O5. The summed E-state index contributed by atoms with van der Waals surface area (Å²) in [6.45, 7) is 1.28. The number of rotatable bonds is 6. The topological polar surface area (TPSA) is 95.7 Å². The van der Waals surface area contributed by atoms with Gasteiger partial charge in [0, 0.05) is 18.7 Å². The van der Waals surface area contributed by atoms with Crippen molar-refractivity contribution in [2.45, 2.75) is 18.9 Å². The monoisotopic (exact) mass is 419 g/mol. The van der Waals surface area contributed by atoms with Gasteiger partial charge in [0.1, 0.15) is 11.1 Å². The molecule has 4 rings (SSSR count). The van der Waals surface area contributed by atoms with Crippen molar-refractivity contribution in [2.24, 2.45) is 0 Å². The molecule has 1 aliphatic heterocycles. The molecular weight excluding hydrogens is 400 g/mol. The second-order valence-corrected chi connectivity index (χ2v) is 6.73. The minimum absolute atomic E-state index is 0.0802. The van der Waals surface area contributed by atoms with E-state index in [1.807, 2.05) is 0 Å². The summed E-state index contributed by atoms with van der Waals surface area (Å²) in [7, 11) is 2.40. The molecule has 0 saturated carbocycles. The van der Waals surface area contributed by atoms with E-state index in [1.54, 1.807) is 0 Å². The standard InChI is InChI=1S/C20H19F2N3O5/c1-27-12-7-13(28-2)18(22)16(17(12)21)19(26)14-6-11-15(30-14)8-23-20(25-11)24-10-4-3-5-29-9-10/h6-8,10H,3-5,9H2,1-2H3,(H,23,24,25)/t10-/m0/s1. The number of halogens is 2. The molecule has 0 bridgehead atoms. The van der Waals surface area contributed by atoms with Crippen LogP contribution in [0.25, 0.3) is 11.1 Å². The third-order valence-corrected chi connectivity index (χ3v) is 4.79. The maximum atomic E-state index is 14.6. The average Bonchev–Trinajstić information content (AvgIpc) is 3.18. The summed E-state index contributed by atoms with van der Waals surface area (Å²) in [5.74, 6) is -3.89. The third kappa shape index (κ3) is 3.65. The summed E-state index contributed by atoms with van der Waals surface area (Å²) in [6, 6.07) is 2.42. The van der Waals surface area contributed by atoms with Crippen LogP contribution in [0.3, 0.4) is 0 Å². The molecule has 10 heteroatoms. The number of hydrogen-bond acceptors (Lipinski definition) is 8. The second-order valence-electron chi connectivity index (χ2n) is 6.73. The number of methoxy groups -OCH3 is 2. The predicted octanol–water partition coefficient (Wildman–Crippen LogP) is 3.34. The van der Waals surface area contributed by atoms with E-state index in [0.29, 0.717) is 18.1 Å². The van der Waals surface area contributed by atoms with Crippen LogP contribution < -0.4 is 14.8 Å². The van der Waals surface area contributed by atoms with Crippen LogP contribution in [0.15, 0.2) is 22.7 Å². The Bertz CT molecular complexity index is 1070. The van der Waals surface area contributed by atoms with Crippen molar-refractivity contribution in [3.63, 3.8) is 0 Å². The van der Waals surface area contributed by atoms with Crippen LogP contribution in [0.4, 0.5) is 14.7 Å². The molecule has 0 radical (unpaired) electrons. The van der Waals surface area contributed by atoms with Gasteiger partial charge in [-0.05, 0) is 12.8 Å². The summed E-state index contributed by atoms with van der Waals surface area (Å²) in [6.07, 6.45) is 3.25. The number of ketones is 1. The molecule has 1 saturated heterocycles. The lowest BCUT2D eigenvalue weighted by molar-refractivity contribution is 0.0874. The van der Waals surface area contributed by atoms with Crippen LogP contribution in [-0.4, -0.2) is 49.2 Å². The Kier molecular flexibility index (Phi) is 5.49. The van der Waals surface area contributed by atoms with Crippen LogP contribution >= 0.6 is 0 Å². The van der Waals surface area contributed by atoms with E-state index in [1.165, 1.54) is 26.5 Å². The third-order valence-electron chi connectivity index (χ3n) is 4.79. The van der Waals surface area contributed by atoms with Crippen molar-refractivity contribution < 1.29 is 32.2 Å². The Balaban J connectivity index is 1.67. The molecule has 1 aromatic carbocycles. The van der Waals surface area contributed by atoms with Crippen molar-refractivity contribution >= 4 is 22.8 Å². The molecule has 30 heavy (non-hydrogen) atoms. The summed E-state index contributed by atoms with van der Waals surface area (Å²) in [5.41, 5.74) is -0.307. The van der Waals surface area contributed by atoms with Gasteiger partial charge < -0.3 is 23.9 Å². The molecule has 0 aliphatic carbocycles. The lowest BCUT2D eigenvalue weighted by Crippen LogP contribution is -2.30. The maximum absolute atomic E-state index is 14.6. The zero-order valence-electron chi connectivity index (χ0n) is 16.3. The Morgan fingerprint density at radius 1 is 1.20 bits per heavy atom. The van der Waals surface area contributed by atoms with Gasteiger partial charge >= 0.3 is 0 Å². The van der Waals surface area contributed by atoms with Gasteiger partial charge in [-0.2, -0.15) is 0 Å². The van der Waals surface area contributed by atoms with E-state index in [2.05, 4.69) is 15.3 Å². The SMILES string of the molecule is COc1cc(OC)c(F)c(C(=O)c2cc3nc(N[C@H]4CCCOC4)ncc3o2)c1F. The fraction of sp³-hybridized carbons (Fsp3) is 0.350. The van der Waals surface area contributed by atoms with Crippen LogP contribution in [0.2, 0.25) is 0 Å². The molecule has 3 aromatic rings. The number of nitrogens with zero attached hydrogens (tertiary/aromatic N) is 2. The molecule has 158 valence electrons. The number of furan rings is 1. The summed E-state index contributed by atoms with van der Waals surface area (Å²) in [5, 5.41) is 3.16. The van der Waals surface area contributed by atoms with Crippen molar-refractivity contribution in [3.05, 3.63) is 41.3 Å². The van der Waals surface area contributed by atoms with Crippen LogP contribution in [0, 0.1) is 11.6 Å². The van der Waals surface area contributed by atoms with E-state index >= 15 is 0 Å². The fourth-order valence-electron chi connectivity index (χ4n) is 3.26. The molecule has 0 amide bonds. The summed E-state index contributed by atoms with van der Waals surface area (Å²) in [4.78, 5) is 21.3. The maximum Gasteiger partial charge on any atom is 0.234 e. The highest BCUT2D eigenvalue weighted by atomic mass is 19.1. The molecule has 0 spiro atoms. The van der Waals surface area contributed by atoms with E-state index < -0.39 is 23.0 Å². The molecule has 1 aliphatic rings. The lowest BCUT2D eigenvalue weighted by atomic mass is 10.1. The molecule has 0 unspecified atom stereocenters. The first-order chi connectivity index (χ1) is 14.5. The van der Waals surface area contributed by atoms with Crippen molar-refractivity contribution in [3.8, 4) is 11.5 Å². The van der Waals surface area contributed by atoms with Gasteiger partial charge in [-0.3, -0.25) is 4.79 Å². The number of carbonyl (C=O) groups excluding carboxylic acids is 1. The Morgan fingerprint density at radius 3 is 2.57 bits per heavy atom. The van der Waals surface area contributed by atoms with Crippen molar-refractivity contribution in [2.75, 3.05) is 32.8 Å². The van der Waals surface area contributed by atoms with Gasteiger partial charge in [0.05, 0.1) is 33.1 Å². The number of fused-ring (bicyclic) bond motifs is 1. The zero-order chi connectivity index (χ0) is 21.3. The Morgan fingerprint density at radius 2 is 1.93 bits per heavy atom. The highest BCUT2D eigenvalue weighted by molar-refractivity contribution is 6.09. The van der Waals surface area contributed by atoms with Gasteiger partial charge in [0.15, 0.2) is 34.5 Å². The quantitative estimate of drug-likeness (QED) is 0.608. The van der Waals surface area contributed by atoms with Gasteiger partial charge in [0.25, 0.3) is 0 Å². The highest BCUT2D eigenvalue weighted by Gasteiger charge is 2.28. The number of nitrogens with one attached hydrogen (secondary N) is 1. The number of ether oxygens (including phenoxy) is 3.